The first-order chi connectivity index (χ1) is 9.74. The lowest BCUT2D eigenvalue weighted by Crippen LogP contribution is -2.05. The van der Waals surface area contributed by atoms with Crippen molar-refractivity contribution in [2.24, 2.45) is 0 Å². The average Bonchev–Trinajstić information content (AvgIpc) is 2.92. The Bertz CT molecular complexity index is 650. The molecule has 2 aromatic carbocycles. The van der Waals surface area contributed by atoms with Crippen molar-refractivity contribution in [1.82, 2.24) is 0 Å². The smallest absolute Gasteiger partial charge is 0.336 e. The summed E-state index contributed by atoms with van der Waals surface area (Å²) in [5, 5.41) is 9.10. The zero-order valence-electron chi connectivity index (χ0n) is 10.5. The van der Waals surface area contributed by atoms with E-state index in [1.165, 1.54) is 0 Å². The lowest BCUT2D eigenvalue weighted by atomic mass is 10.1. The fraction of sp³-hybridized carbons (Fsp3) is 0.133. The average molecular weight is 272 g/mol. The molecule has 5 heteroatoms. The van der Waals surface area contributed by atoms with Gasteiger partial charge in [0.15, 0.2) is 11.5 Å². The summed E-state index contributed by atoms with van der Waals surface area (Å²) in [6.45, 7) is 0.392. The second-order valence-corrected chi connectivity index (χ2v) is 4.27. The fourth-order valence-corrected chi connectivity index (χ4v) is 1.98. The van der Waals surface area contributed by atoms with Gasteiger partial charge < -0.3 is 19.3 Å². The SMILES string of the molecule is O=C(O)c1ccccc1COc1ccc2c(c1)OCO2. The Labute approximate surface area is 115 Å². The van der Waals surface area contributed by atoms with Crippen LogP contribution in [0.3, 0.4) is 0 Å². The molecule has 5 nitrogen and oxygen atoms in total. The van der Waals surface area contributed by atoms with E-state index in [9.17, 15) is 4.79 Å². The quantitative estimate of drug-likeness (QED) is 0.927. The third-order valence-electron chi connectivity index (χ3n) is 2.99. The third kappa shape index (κ3) is 2.38. The third-order valence-corrected chi connectivity index (χ3v) is 2.99. The minimum Gasteiger partial charge on any atom is -0.489 e. The number of hydrogen-bond acceptors (Lipinski definition) is 4. The molecule has 0 atom stereocenters. The van der Waals surface area contributed by atoms with Crippen molar-refractivity contribution in [2.75, 3.05) is 6.79 Å². The summed E-state index contributed by atoms with van der Waals surface area (Å²) < 4.78 is 16.1. The lowest BCUT2D eigenvalue weighted by molar-refractivity contribution is 0.0694. The lowest BCUT2D eigenvalue weighted by Gasteiger charge is -2.09. The summed E-state index contributed by atoms with van der Waals surface area (Å²) >= 11 is 0. The van der Waals surface area contributed by atoms with Gasteiger partial charge in [-0.2, -0.15) is 0 Å². The maximum Gasteiger partial charge on any atom is 0.336 e. The molecular weight excluding hydrogens is 260 g/mol. The molecular formula is C15H12O5. The molecule has 0 spiro atoms. The fourth-order valence-electron chi connectivity index (χ4n) is 1.98. The Hall–Kier alpha value is -2.69. The van der Waals surface area contributed by atoms with Crippen LogP contribution in [-0.4, -0.2) is 17.9 Å². The minimum absolute atomic E-state index is 0.183. The number of hydrogen-bond donors (Lipinski definition) is 1. The highest BCUT2D eigenvalue weighted by atomic mass is 16.7. The predicted octanol–water partition coefficient (Wildman–Crippen LogP) is 2.69. The van der Waals surface area contributed by atoms with E-state index < -0.39 is 5.97 Å². The largest absolute Gasteiger partial charge is 0.489 e. The van der Waals surface area contributed by atoms with E-state index in [2.05, 4.69) is 0 Å². The molecule has 1 aliphatic heterocycles. The van der Waals surface area contributed by atoms with Crippen LogP contribution in [0, 0.1) is 0 Å². The van der Waals surface area contributed by atoms with E-state index >= 15 is 0 Å². The number of rotatable bonds is 4. The van der Waals surface area contributed by atoms with Gasteiger partial charge in [0.25, 0.3) is 0 Å². The number of fused-ring (bicyclic) bond motifs is 1. The van der Waals surface area contributed by atoms with Gasteiger partial charge in [-0.15, -0.1) is 0 Å². The number of benzene rings is 2. The molecule has 0 aromatic heterocycles. The van der Waals surface area contributed by atoms with Crippen LogP contribution < -0.4 is 14.2 Å². The van der Waals surface area contributed by atoms with Crippen molar-refractivity contribution in [3.63, 3.8) is 0 Å². The van der Waals surface area contributed by atoms with Crippen LogP contribution in [0.1, 0.15) is 15.9 Å². The first-order valence-electron chi connectivity index (χ1n) is 6.08. The van der Waals surface area contributed by atoms with Crippen LogP contribution in [0.5, 0.6) is 17.2 Å². The van der Waals surface area contributed by atoms with Crippen molar-refractivity contribution < 1.29 is 24.1 Å². The number of carboxylic acids is 1. The number of carboxylic acid groups (broad SMARTS) is 1. The van der Waals surface area contributed by atoms with Crippen LogP contribution in [0.15, 0.2) is 42.5 Å². The van der Waals surface area contributed by atoms with Gasteiger partial charge in [0.05, 0.1) is 5.56 Å². The van der Waals surface area contributed by atoms with Gasteiger partial charge in [-0.05, 0) is 18.2 Å². The predicted molar refractivity (Wildman–Crippen MR) is 70.3 cm³/mol. The summed E-state index contributed by atoms with van der Waals surface area (Å²) in [5.74, 6) is 0.960. The molecule has 0 amide bonds. The molecule has 0 aliphatic carbocycles. The summed E-state index contributed by atoms with van der Waals surface area (Å²) in [6, 6.07) is 12.0. The Morgan fingerprint density at radius 1 is 1.15 bits per heavy atom. The van der Waals surface area contributed by atoms with Crippen LogP contribution in [0.4, 0.5) is 0 Å². The van der Waals surface area contributed by atoms with Crippen molar-refractivity contribution >= 4 is 5.97 Å². The molecule has 20 heavy (non-hydrogen) atoms. The van der Waals surface area contributed by atoms with Crippen LogP contribution >= 0.6 is 0 Å². The van der Waals surface area contributed by atoms with Gasteiger partial charge >= 0.3 is 5.97 Å². The second-order valence-electron chi connectivity index (χ2n) is 4.27. The summed E-state index contributed by atoms with van der Waals surface area (Å²) in [6.07, 6.45) is 0. The van der Waals surface area contributed by atoms with Gasteiger partial charge in [0.1, 0.15) is 12.4 Å². The molecule has 0 bridgehead atoms. The van der Waals surface area contributed by atoms with E-state index in [4.69, 9.17) is 19.3 Å². The Balaban J connectivity index is 1.75. The van der Waals surface area contributed by atoms with E-state index in [-0.39, 0.29) is 19.0 Å². The molecule has 0 radical (unpaired) electrons. The molecule has 1 aliphatic rings. The van der Waals surface area contributed by atoms with E-state index in [0.29, 0.717) is 22.8 Å². The van der Waals surface area contributed by atoms with E-state index in [1.54, 1.807) is 42.5 Å². The monoisotopic (exact) mass is 272 g/mol. The molecule has 0 saturated carbocycles. The van der Waals surface area contributed by atoms with Crippen LogP contribution in [0.2, 0.25) is 0 Å². The Morgan fingerprint density at radius 2 is 1.95 bits per heavy atom. The topological polar surface area (TPSA) is 65.0 Å². The molecule has 0 saturated heterocycles. The Kier molecular flexibility index (Phi) is 3.16. The maximum absolute atomic E-state index is 11.1. The molecule has 1 heterocycles. The first kappa shape index (κ1) is 12.3. The van der Waals surface area contributed by atoms with Crippen molar-refractivity contribution in [3.05, 3.63) is 53.6 Å². The van der Waals surface area contributed by atoms with Gasteiger partial charge in [0.2, 0.25) is 6.79 Å². The highest BCUT2D eigenvalue weighted by Gasteiger charge is 2.14. The standard InChI is InChI=1S/C15H12O5/c16-15(17)12-4-2-1-3-10(12)8-18-11-5-6-13-14(7-11)20-9-19-13/h1-7H,8-9H2,(H,16,17). The van der Waals surface area contributed by atoms with Crippen molar-refractivity contribution in [1.29, 1.82) is 0 Å². The van der Waals surface area contributed by atoms with E-state index in [1.807, 2.05) is 0 Å². The number of carbonyl (C=O) groups is 1. The minimum atomic E-state index is -0.963. The zero-order valence-corrected chi connectivity index (χ0v) is 10.5. The highest BCUT2D eigenvalue weighted by molar-refractivity contribution is 5.89. The van der Waals surface area contributed by atoms with E-state index in [0.717, 1.165) is 0 Å². The van der Waals surface area contributed by atoms with Gasteiger partial charge in [-0.3, -0.25) is 0 Å². The normalized spacial score (nSPS) is 12.2. The molecule has 0 unspecified atom stereocenters. The molecule has 0 fully saturated rings. The van der Waals surface area contributed by atoms with Crippen LogP contribution in [-0.2, 0) is 6.61 Å². The summed E-state index contributed by atoms with van der Waals surface area (Å²) in [7, 11) is 0. The van der Waals surface area contributed by atoms with Crippen LogP contribution in [0.25, 0.3) is 0 Å². The van der Waals surface area contributed by atoms with Gasteiger partial charge in [0, 0.05) is 11.6 Å². The molecule has 102 valence electrons. The number of ether oxygens (including phenoxy) is 3. The second kappa shape index (κ2) is 5.13. The van der Waals surface area contributed by atoms with Crippen molar-refractivity contribution in [2.45, 2.75) is 6.61 Å². The van der Waals surface area contributed by atoms with Crippen molar-refractivity contribution in [3.8, 4) is 17.2 Å². The summed E-state index contributed by atoms with van der Waals surface area (Å²) in [4.78, 5) is 11.1. The van der Waals surface area contributed by atoms with Gasteiger partial charge in [-0.25, -0.2) is 4.79 Å². The summed E-state index contributed by atoms with van der Waals surface area (Å²) in [5.41, 5.74) is 0.867. The number of aromatic carboxylic acids is 1. The molecule has 3 rings (SSSR count). The van der Waals surface area contributed by atoms with Gasteiger partial charge in [-0.1, -0.05) is 18.2 Å². The first-order valence-corrected chi connectivity index (χ1v) is 6.08. The maximum atomic E-state index is 11.1. The zero-order chi connectivity index (χ0) is 13.9. The highest BCUT2D eigenvalue weighted by Crippen LogP contribution is 2.35. The Morgan fingerprint density at radius 3 is 2.80 bits per heavy atom. The molecule has 1 N–H and O–H groups in total. The molecule has 2 aromatic rings.